The zero-order valence-electron chi connectivity index (χ0n) is 17.6. The number of benzene rings is 2. The minimum absolute atomic E-state index is 0.00337. The molecular formula is C21H28FN3O4S. The molecule has 164 valence electrons. The highest BCUT2D eigenvalue weighted by Crippen LogP contribution is 2.19. The summed E-state index contributed by atoms with van der Waals surface area (Å²) in [7, 11) is 1.40. The topological polar surface area (TPSA) is 87.7 Å². The number of carbonyl (C=O) groups is 1. The van der Waals surface area contributed by atoms with E-state index in [4.69, 9.17) is 4.74 Å². The second kappa shape index (κ2) is 10.6. The molecule has 0 aliphatic rings. The predicted molar refractivity (Wildman–Crippen MR) is 113 cm³/mol. The van der Waals surface area contributed by atoms with Crippen molar-refractivity contribution < 1.29 is 22.3 Å². The summed E-state index contributed by atoms with van der Waals surface area (Å²) in [6.45, 7) is 2.34. The van der Waals surface area contributed by atoms with Crippen molar-refractivity contribution in [3.05, 3.63) is 65.0 Å². The van der Waals surface area contributed by atoms with Crippen LogP contribution in [0.15, 0.2) is 47.4 Å². The predicted octanol–water partition coefficient (Wildman–Crippen LogP) is 2.09. The van der Waals surface area contributed by atoms with E-state index in [-0.39, 0.29) is 42.0 Å². The first-order valence-corrected chi connectivity index (χ1v) is 10.9. The minimum Gasteiger partial charge on any atom is -0.383 e. The first-order chi connectivity index (χ1) is 14.2. The Hall–Kier alpha value is -2.33. The maximum Gasteiger partial charge on any atom is 0.251 e. The van der Waals surface area contributed by atoms with Gasteiger partial charge in [0.2, 0.25) is 10.0 Å². The molecule has 1 atom stereocenters. The van der Waals surface area contributed by atoms with Crippen molar-refractivity contribution in [2.75, 3.05) is 40.9 Å². The lowest BCUT2D eigenvalue weighted by Crippen LogP contribution is -2.35. The van der Waals surface area contributed by atoms with Gasteiger partial charge in [0.05, 0.1) is 17.5 Å². The van der Waals surface area contributed by atoms with E-state index in [2.05, 4.69) is 10.0 Å². The maximum atomic E-state index is 13.6. The van der Waals surface area contributed by atoms with Gasteiger partial charge in [-0.25, -0.2) is 17.5 Å². The number of ether oxygens (including phenoxy) is 1. The summed E-state index contributed by atoms with van der Waals surface area (Å²) in [6.07, 6.45) is 0. The fraction of sp³-hybridized carbons (Fsp3) is 0.381. The summed E-state index contributed by atoms with van der Waals surface area (Å²) < 4.78 is 45.7. The quantitative estimate of drug-likeness (QED) is 0.556. The number of aryl methyl sites for hydroxylation is 1. The molecule has 30 heavy (non-hydrogen) atoms. The number of hydrogen-bond donors (Lipinski definition) is 2. The van der Waals surface area contributed by atoms with E-state index in [0.29, 0.717) is 5.56 Å². The monoisotopic (exact) mass is 437 g/mol. The van der Waals surface area contributed by atoms with Crippen LogP contribution in [0.1, 0.15) is 27.5 Å². The Kier molecular flexibility index (Phi) is 8.48. The maximum absolute atomic E-state index is 13.6. The molecule has 2 aromatic rings. The molecule has 0 aliphatic carbocycles. The van der Waals surface area contributed by atoms with Gasteiger partial charge in [0.15, 0.2) is 0 Å². The molecule has 2 N–H and O–H groups in total. The van der Waals surface area contributed by atoms with Crippen molar-refractivity contribution in [1.82, 2.24) is 14.9 Å². The van der Waals surface area contributed by atoms with Crippen molar-refractivity contribution in [1.29, 1.82) is 0 Å². The molecular weight excluding hydrogens is 409 g/mol. The lowest BCUT2D eigenvalue weighted by molar-refractivity contribution is 0.0941. The normalized spacial score (nSPS) is 12.7. The van der Waals surface area contributed by atoms with E-state index >= 15 is 0 Å². The van der Waals surface area contributed by atoms with Gasteiger partial charge in [-0.1, -0.05) is 18.2 Å². The largest absolute Gasteiger partial charge is 0.383 e. The standard InChI is InChI=1S/C21H28FN3O4S/c1-15-8-9-18(30(27,28)24-10-11-29-4)13-19(15)21(26)23-14-20(25(2)3)16-6-5-7-17(22)12-16/h5-9,12-13,20,24H,10-11,14H2,1-4H3,(H,23,26). The van der Waals surface area contributed by atoms with Gasteiger partial charge < -0.3 is 15.0 Å². The molecule has 0 heterocycles. The Bertz CT molecular complexity index is 980. The number of likely N-dealkylation sites (N-methyl/N-ethyl adjacent to an activating group) is 1. The van der Waals surface area contributed by atoms with Gasteiger partial charge in [-0.3, -0.25) is 4.79 Å². The number of methoxy groups -OCH3 is 1. The fourth-order valence-corrected chi connectivity index (χ4v) is 4.01. The number of amides is 1. The van der Waals surface area contributed by atoms with Crippen LogP contribution in [0, 0.1) is 12.7 Å². The number of hydrogen-bond acceptors (Lipinski definition) is 5. The summed E-state index contributed by atoms with van der Waals surface area (Å²) in [5, 5.41) is 2.83. The Balaban J connectivity index is 2.18. The molecule has 0 aromatic heterocycles. The number of sulfonamides is 1. The van der Waals surface area contributed by atoms with E-state index in [0.717, 1.165) is 5.56 Å². The van der Waals surface area contributed by atoms with Gasteiger partial charge in [0.1, 0.15) is 5.82 Å². The molecule has 0 fully saturated rings. The van der Waals surface area contributed by atoms with Gasteiger partial charge in [0.25, 0.3) is 5.91 Å². The zero-order chi connectivity index (χ0) is 22.3. The van der Waals surface area contributed by atoms with Crippen molar-refractivity contribution in [3.63, 3.8) is 0 Å². The highest BCUT2D eigenvalue weighted by Gasteiger charge is 2.20. The molecule has 2 rings (SSSR count). The van der Waals surface area contributed by atoms with Crippen LogP contribution < -0.4 is 10.0 Å². The Morgan fingerprint density at radius 2 is 1.93 bits per heavy atom. The molecule has 9 heteroatoms. The molecule has 7 nitrogen and oxygen atoms in total. The number of carbonyl (C=O) groups excluding carboxylic acids is 1. The molecule has 1 unspecified atom stereocenters. The lowest BCUT2D eigenvalue weighted by atomic mass is 10.0. The Labute approximate surface area is 177 Å². The fourth-order valence-electron chi connectivity index (χ4n) is 2.97. The van der Waals surface area contributed by atoms with Crippen LogP contribution in [0.2, 0.25) is 0 Å². The van der Waals surface area contributed by atoms with Crippen LogP contribution in [0.5, 0.6) is 0 Å². The van der Waals surface area contributed by atoms with Crippen LogP contribution in [-0.4, -0.2) is 60.1 Å². The number of halogens is 1. The highest BCUT2D eigenvalue weighted by atomic mass is 32.2. The average molecular weight is 438 g/mol. The molecule has 0 spiro atoms. The highest BCUT2D eigenvalue weighted by molar-refractivity contribution is 7.89. The van der Waals surface area contributed by atoms with Crippen molar-refractivity contribution >= 4 is 15.9 Å². The van der Waals surface area contributed by atoms with Crippen LogP contribution in [0.25, 0.3) is 0 Å². The van der Waals surface area contributed by atoms with E-state index in [1.807, 2.05) is 19.0 Å². The molecule has 1 amide bonds. The number of nitrogens with zero attached hydrogens (tertiary/aromatic N) is 1. The number of nitrogens with one attached hydrogen (secondary N) is 2. The smallest absolute Gasteiger partial charge is 0.251 e. The van der Waals surface area contributed by atoms with E-state index in [9.17, 15) is 17.6 Å². The first kappa shape index (κ1) is 23.9. The zero-order valence-corrected chi connectivity index (χ0v) is 18.4. The molecule has 0 radical (unpaired) electrons. The van der Waals surface area contributed by atoms with Gasteiger partial charge in [-0.15, -0.1) is 0 Å². The van der Waals surface area contributed by atoms with Crippen molar-refractivity contribution in [2.45, 2.75) is 17.9 Å². The van der Waals surface area contributed by atoms with Gasteiger partial charge in [0, 0.05) is 25.8 Å². The molecule has 0 saturated carbocycles. The Morgan fingerprint density at radius 1 is 1.20 bits per heavy atom. The molecule has 0 aliphatic heterocycles. The molecule has 0 bridgehead atoms. The molecule has 0 saturated heterocycles. The molecule has 2 aromatic carbocycles. The van der Waals surface area contributed by atoms with E-state index in [1.165, 1.54) is 31.4 Å². The summed E-state index contributed by atoms with van der Waals surface area (Å²) in [4.78, 5) is 14.7. The van der Waals surface area contributed by atoms with E-state index in [1.54, 1.807) is 25.1 Å². The van der Waals surface area contributed by atoms with Gasteiger partial charge in [-0.2, -0.15) is 0 Å². The number of rotatable bonds is 10. The van der Waals surface area contributed by atoms with Crippen molar-refractivity contribution in [2.24, 2.45) is 0 Å². The third kappa shape index (κ3) is 6.33. The van der Waals surface area contributed by atoms with Gasteiger partial charge in [-0.05, 0) is 56.4 Å². The summed E-state index contributed by atoms with van der Waals surface area (Å²) in [5.74, 6) is -0.745. The van der Waals surface area contributed by atoms with E-state index < -0.39 is 15.9 Å². The SMILES string of the molecule is COCCNS(=O)(=O)c1ccc(C)c(C(=O)NCC(c2cccc(F)c2)N(C)C)c1. The summed E-state index contributed by atoms with van der Waals surface area (Å²) in [5.41, 5.74) is 1.65. The first-order valence-electron chi connectivity index (χ1n) is 9.45. The summed E-state index contributed by atoms with van der Waals surface area (Å²) in [6, 6.07) is 10.4. The van der Waals surface area contributed by atoms with Gasteiger partial charge >= 0.3 is 0 Å². The second-order valence-corrected chi connectivity index (χ2v) is 8.88. The minimum atomic E-state index is -3.76. The Morgan fingerprint density at radius 3 is 2.57 bits per heavy atom. The third-order valence-corrected chi connectivity index (χ3v) is 6.13. The van der Waals surface area contributed by atoms with Crippen LogP contribution in [-0.2, 0) is 14.8 Å². The second-order valence-electron chi connectivity index (χ2n) is 7.11. The lowest BCUT2D eigenvalue weighted by Gasteiger charge is -2.25. The third-order valence-electron chi connectivity index (χ3n) is 4.67. The van der Waals surface area contributed by atoms with Crippen LogP contribution in [0.3, 0.4) is 0 Å². The van der Waals surface area contributed by atoms with Crippen LogP contribution in [0.4, 0.5) is 4.39 Å². The van der Waals surface area contributed by atoms with Crippen LogP contribution >= 0.6 is 0 Å². The summed E-state index contributed by atoms with van der Waals surface area (Å²) >= 11 is 0. The van der Waals surface area contributed by atoms with Crippen molar-refractivity contribution in [3.8, 4) is 0 Å². The average Bonchev–Trinajstić information content (AvgIpc) is 2.68.